The van der Waals surface area contributed by atoms with E-state index in [2.05, 4.69) is 26.2 Å². The van der Waals surface area contributed by atoms with Gasteiger partial charge in [0.15, 0.2) is 10.3 Å². The third kappa shape index (κ3) is 2.60. The highest BCUT2D eigenvalue weighted by molar-refractivity contribution is 9.10. The lowest BCUT2D eigenvalue weighted by Crippen LogP contribution is -2.18. The van der Waals surface area contributed by atoms with Crippen LogP contribution in [-0.4, -0.2) is 27.1 Å². The molecule has 104 valence electrons. The van der Waals surface area contributed by atoms with Crippen LogP contribution in [0.5, 0.6) is 0 Å². The lowest BCUT2D eigenvalue weighted by molar-refractivity contribution is 0.0455. The molecule has 0 radical (unpaired) electrons. The average Bonchev–Trinajstić information content (AvgIpc) is 3.19. The van der Waals surface area contributed by atoms with Gasteiger partial charge in [-0.05, 0) is 41.3 Å². The number of esters is 1. The molecule has 0 bridgehead atoms. The maximum Gasteiger partial charge on any atom is 0.359 e. The number of rotatable bonds is 4. The first-order chi connectivity index (χ1) is 9.66. The number of benzene rings is 1. The van der Waals surface area contributed by atoms with Gasteiger partial charge in [-0.3, -0.25) is 0 Å². The minimum Gasteiger partial charge on any atom is -0.458 e. The molecule has 0 amide bonds. The van der Waals surface area contributed by atoms with Crippen molar-refractivity contribution in [1.82, 2.24) is 15.0 Å². The summed E-state index contributed by atoms with van der Waals surface area (Å²) in [5.74, 6) is -0.368. The molecule has 0 spiro atoms. The predicted octanol–water partition coefficient (Wildman–Crippen LogP) is 2.97. The Hall–Kier alpha value is -1.69. The van der Waals surface area contributed by atoms with Crippen LogP contribution < -0.4 is 0 Å². The van der Waals surface area contributed by atoms with Crippen LogP contribution in [0.15, 0.2) is 34.9 Å². The zero-order chi connectivity index (χ0) is 14.1. The summed E-state index contributed by atoms with van der Waals surface area (Å²) in [6.07, 6.45) is 1.95. The molecule has 1 aromatic heterocycles. The van der Waals surface area contributed by atoms with Crippen molar-refractivity contribution >= 4 is 21.9 Å². The van der Waals surface area contributed by atoms with Crippen LogP contribution in [0.3, 0.4) is 0 Å². The number of hydrogen-bond donors (Lipinski definition) is 0. The zero-order valence-corrected chi connectivity index (χ0v) is 12.6. The largest absolute Gasteiger partial charge is 0.458 e. The van der Waals surface area contributed by atoms with Gasteiger partial charge in [-0.15, -0.1) is 5.10 Å². The maximum absolute atomic E-state index is 12.2. The molecule has 5 nitrogen and oxygen atoms in total. The van der Waals surface area contributed by atoms with Gasteiger partial charge >= 0.3 is 5.97 Å². The molecule has 1 heterocycles. The topological polar surface area (TPSA) is 57.0 Å². The van der Waals surface area contributed by atoms with Crippen LogP contribution in [0.25, 0.3) is 0 Å². The normalized spacial score (nSPS) is 15.9. The molecular weight excluding hydrogens is 322 g/mol. The Bertz CT molecular complexity index is 623. The van der Waals surface area contributed by atoms with Gasteiger partial charge < -0.3 is 4.74 Å². The lowest BCUT2D eigenvalue weighted by Gasteiger charge is -2.14. The van der Waals surface area contributed by atoms with E-state index in [1.165, 1.54) is 0 Å². The number of carbonyl (C=O) groups excluding carboxylic acids is 1. The molecular formula is C14H14BrN3O2. The Morgan fingerprint density at radius 2 is 2.10 bits per heavy atom. The van der Waals surface area contributed by atoms with E-state index < -0.39 is 0 Å². The maximum atomic E-state index is 12.2. The van der Waals surface area contributed by atoms with Gasteiger partial charge in [-0.2, -0.15) is 0 Å². The minimum absolute atomic E-state index is 0.0600. The quantitative estimate of drug-likeness (QED) is 0.806. The van der Waals surface area contributed by atoms with E-state index >= 15 is 0 Å². The highest BCUT2D eigenvalue weighted by atomic mass is 79.9. The first-order valence-corrected chi connectivity index (χ1v) is 7.32. The fourth-order valence-corrected chi connectivity index (χ4v) is 2.40. The van der Waals surface area contributed by atoms with Crippen LogP contribution in [0.4, 0.5) is 0 Å². The number of carbonyl (C=O) groups is 1. The monoisotopic (exact) mass is 335 g/mol. The Kier molecular flexibility index (Phi) is 3.56. The van der Waals surface area contributed by atoms with E-state index in [-0.39, 0.29) is 18.1 Å². The van der Waals surface area contributed by atoms with Gasteiger partial charge in [0.2, 0.25) is 0 Å². The molecule has 2 aromatic rings. The molecule has 0 aliphatic heterocycles. The average molecular weight is 336 g/mol. The summed E-state index contributed by atoms with van der Waals surface area (Å²) < 4.78 is 7.37. The van der Waals surface area contributed by atoms with Crippen molar-refractivity contribution in [1.29, 1.82) is 0 Å². The summed E-state index contributed by atoms with van der Waals surface area (Å²) in [7, 11) is 0. The van der Waals surface area contributed by atoms with Crippen LogP contribution in [-0.2, 0) is 4.74 Å². The SMILES string of the molecule is C[C@H](c1ccccc1)n1nnc(Br)c1C(=O)OC1CC1. The number of aromatic nitrogens is 3. The Balaban J connectivity index is 1.91. The highest BCUT2D eigenvalue weighted by Crippen LogP contribution is 2.28. The van der Waals surface area contributed by atoms with E-state index in [0.717, 1.165) is 18.4 Å². The molecule has 1 aliphatic carbocycles. The lowest BCUT2D eigenvalue weighted by atomic mass is 10.1. The first-order valence-electron chi connectivity index (χ1n) is 6.53. The molecule has 3 rings (SSSR count). The molecule has 1 saturated carbocycles. The van der Waals surface area contributed by atoms with Crippen molar-refractivity contribution in [2.24, 2.45) is 0 Å². The number of ether oxygens (including phenoxy) is 1. The van der Waals surface area contributed by atoms with E-state index in [9.17, 15) is 4.79 Å². The van der Waals surface area contributed by atoms with Gasteiger partial charge in [0.1, 0.15) is 6.10 Å². The van der Waals surface area contributed by atoms with Crippen molar-refractivity contribution in [2.75, 3.05) is 0 Å². The van der Waals surface area contributed by atoms with E-state index in [1.54, 1.807) is 4.68 Å². The van der Waals surface area contributed by atoms with Crippen molar-refractivity contribution < 1.29 is 9.53 Å². The molecule has 0 saturated heterocycles. The second-order valence-electron chi connectivity index (χ2n) is 4.86. The summed E-state index contributed by atoms with van der Waals surface area (Å²) >= 11 is 3.27. The summed E-state index contributed by atoms with van der Waals surface area (Å²) in [5.41, 5.74) is 1.43. The molecule has 20 heavy (non-hydrogen) atoms. The summed E-state index contributed by atoms with van der Waals surface area (Å²) in [5, 5.41) is 8.00. The van der Waals surface area contributed by atoms with Crippen LogP contribution in [0.1, 0.15) is 41.9 Å². The predicted molar refractivity (Wildman–Crippen MR) is 76.4 cm³/mol. The number of hydrogen-bond acceptors (Lipinski definition) is 4. The van der Waals surface area contributed by atoms with Gasteiger partial charge in [0.25, 0.3) is 0 Å². The van der Waals surface area contributed by atoms with Crippen molar-refractivity contribution in [3.63, 3.8) is 0 Å². The molecule has 1 atom stereocenters. The van der Waals surface area contributed by atoms with Crippen molar-refractivity contribution in [3.8, 4) is 0 Å². The number of nitrogens with zero attached hydrogens (tertiary/aromatic N) is 3. The second-order valence-corrected chi connectivity index (χ2v) is 5.62. The standard InChI is InChI=1S/C14H14BrN3O2/c1-9(10-5-3-2-4-6-10)18-12(13(15)16-17-18)14(19)20-11-7-8-11/h2-6,9,11H,7-8H2,1H3/t9-/m1/s1. The first kappa shape index (κ1) is 13.3. The molecule has 1 fully saturated rings. The van der Waals surface area contributed by atoms with Gasteiger partial charge in [0.05, 0.1) is 6.04 Å². The third-order valence-corrected chi connectivity index (χ3v) is 3.83. The fourth-order valence-electron chi connectivity index (χ4n) is 1.99. The van der Waals surface area contributed by atoms with Crippen molar-refractivity contribution in [3.05, 3.63) is 46.2 Å². The minimum atomic E-state index is -0.368. The molecule has 0 unspecified atom stereocenters. The molecule has 6 heteroatoms. The molecule has 0 N–H and O–H groups in total. The van der Waals surface area contributed by atoms with Crippen molar-refractivity contribution in [2.45, 2.75) is 31.9 Å². The van der Waals surface area contributed by atoms with Crippen LogP contribution in [0.2, 0.25) is 0 Å². The smallest absolute Gasteiger partial charge is 0.359 e. The van der Waals surface area contributed by atoms with Gasteiger partial charge in [0, 0.05) is 0 Å². The van der Waals surface area contributed by atoms with E-state index in [0.29, 0.717) is 10.3 Å². The summed E-state index contributed by atoms with van der Waals surface area (Å²) in [6, 6.07) is 9.78. The molecule has 1 aromatic carbocycles. The Morgan fingerprint density at radius 3 is 2.75 bits per heavy atom. The number of halogens is 1. The summed E-state index contributed by atoms with van der Waals surface area (Å²) in [4.78, 5) is 12.2. The van der Waals surface area contributed by atoms with E-state index in [4.69, 9.17) is 4.74 Å². The zero-order valence-electron chi connectivity index (χ0n) is 11.0. The molecule has 1 aliphatic rings. The summed E-state index contributed by atoms with van der Waals surface area (Å²) in [6.45, 7) is 1.98. The van der Waals surface area contributed by atoms with Gasteiger partial charge in [-0.1, -0.05) is 35.5 Å². The Morgan fingerprint density at radius 1 is 1.40 bits per heavy atom. The fraction of sp³-hybridized carbons (Fsp3) is 0.357. The van der Waals surface area contributed by atoms with Gasteiger partial charge in [-0.25, -0.2) is 9.48 Å². The third-order valence-electron chi connectivity index (χ3n) is 3.29. The van der Waals surface area contributed by atoms with Crippen LogP contribution in [0, 0.1) is 0 Å². The van der Waals surface area contributed by atoms with E-state index in [1.807, 2.05) is 37.3 Å². The Labute approximate surface area is 125 Å². The van der Waals surface area contributed by atoms with Crippen LogP contribution >= 0.6 is 15.9 Å². The highest BCUT2D eigenvalue weighted by Gasteiger charge is 2.31. The second kappa shape index (κ2) is 5.36.